The van der Waals surface area contributed by atoms with Gasteiger partial charge in [-0.2, -0.15) is 0 Å². The van der Waals surface area contributed by atoms with Crippen molar-refractivity contribution in [1.82, 2.24) is 0 Å². The SMILES string of the molecule is CCCCCCC(=O)OCCOCCOCCOCCOCCOCC. The van der Waals surface area contributed by atoms with Crippen molar-refractivity contribution in [2.24, 2.45) is 0 Å². The minimum atomic E-state index is -0.139. The number of ether oxygens (including phenoxy) is 6. The van der Waals surface area contributed by atoms with E-state index < -0.39 is 0 Å². The highest BCUT2D eigenvalue weighted by molar-refractivity contribution is 5.69. The Labute approximate surface area is 158 Å². The van der Waals surface area contributed by atoms with E-state index in [-0.39, 0.29) is 5.97 Å². The average molecular weight is 379 g/mol. The highest BCUT2D eigenvalue weighted by Gasteiger charge is 2.02. The number of hydrogen-bond acceptors (Lipinski definition) is 7. The van der Waals surface area contributed by atoms with Gasteiger partial charge in [-0.3, -0.25) is 4.79 Å². The molecule has 0 spiro atoms. The van der Waals surface area contributed by atoms with Gasteiger partial charge in [0.15, 0.2) is 0 Å². The standard InChI is InChI=1S/C19H38O7/c1-3-5-6-7-8-19(20)26-18-17-25-16-15-24-14-13-23-12-11-22-10-9-21-4-2/h3-18H2,1-2H3. The van der Waals surface area contributed by atoms with E-state index >= 15 is 0 Å². The van der Waals surface area contributed by atoms with Crippen molar-refractivity contribution < 1.29 is 33.2 Å². The van der Waals surface area contributed by atoms with Gasteiger partial charge < -0.3 is 28.4 Å². The molecule has 0 bridgehead atoms. The van der Waals surface area contributed by atoms with Crippen LogP contribution in [0.3, 0.4) is 0 Å². The monoisotopic (exact) mass is 378 g/mol. The van der Waals surface area contributed by atoms with Crippen LogP contribution in [0.5, 0.6) is 0 Å². The Hall–Kier alpha value is -0.730. The molecular weight excluding hydrogens is 340 g/mol. The number of rotatable bonds is 21. The zero-order valence-electron chi connectivity index (χ0n) is 16.7. The lowest BCUT2D eigenvalue weighted by Crippen LogP contribution is -2.15. The maximum Gasteiger partial charge on any atom is 0.305 e. The van der Waals surface area contributed by atoms with Crippen LogP contribution in [0.4, 0.5) is 0 Å². The first-order valence-electron chi connectivity index (χ1n) is 9.85. The summed E-state index contributed by atoms with van der Waals surface area (Å²) in [6, 6.07) is 0. The van der Waals surface area contributed by atoms with Crippen LogP contribution in [0, 0.1) is 0 Å². The second-order valence-corrected chi connectivity index (χ2v) is 5.68. The molecule has 0 rings (SSSR count). The maximum absolute atomic E-state index is 11.4. The fourth-order valence-corrected chi connectivity index (χ4v) is 2.01. The second-order valence-electron chi connectivity index (χ2n) is 5.68. The third-order valence-corrected chi connectivity index (χ3v) is 3.42. The molecule has 0 saturated carbocycles. The molecular formula is C19H38O7. The van der Waals surface area contributed by atoms with E-state index in [1.54, 1.807) is 0 Å². The molecule has 0 unspecified atom stereocenters. The topological polar surface area (TPSA) is 72.5 Å². The highest BCUT2D eigenvalue weighted by Crippen LogP contribution is 2.03. The molecule has 0 N–H and O–H groups in total. The summed E-state index contributed by atoms with van der Waals surface area (Å²) in [5.41, 5.74) is 0. The summed E-state index contributed by atoms with van der Waals surface area (Å²) < 4.78 is 31.7. The minimum Gasteiger partial charge on any atom is -0.463 e. The zero-order chi connectivity index (χ0) is 19.1. The third-order valence-electron chi connectivity index (χ3n) is 3.42. The first-order chi connectivity index (χ1) is 12.8. The van der Waals surface area contributed by atoms with Crippen LogP contribution < -0.4 is 0 Å². The van der Waals surface area contributed by atoms with Crippen molar-refractivity contribution >= 4 is 5.97 Å². The molecule has 0 atom stereocenters. The van der Waals surface area contributed by atoms with Gasteiger partial charge in [-0.05, 0) is 13.3 Å². The molecule has 0 aromatic rings. The largest absolute Gasteiger partial charge is 0.463 e. The summed E-state index contributed by atoms with van der Waals surface area (Å²) >= 11 is 0. The molecule has 0 aromatic heterocycles. The highest BCUT2D eigenvalue weighted by atomic mass is 16.6. The Morgan fingerprint density at radius 3 is 1.50 bits per heavy atom. The second kappa shape index (κ2) is 22.3. The van der Waals surface area contributed by atoms with Crippen LogP contribution in [-0.2, 0) is 33.2 Å². The molecule has 0 fully saturated rings. The molecule has 7 nitrogen and oxygen atoms in total. The summed E-state index contributed by atoms with van der Waals surface area (Å²) in [6.07, 6.45) is 4.83. The van der Waals surface area contributed by atoms with Crippen molar-refractivity contribution in [2.75, 3.05) is 72.7 Å². The van der Waals surface area contributed by atoms with Crippen LogP contribution in [0.1, 0.15) is 46.0 Å². The van der Waals surface area contributed by atoms with Crippen molar-refractivity contribution in [2.45, 2.75) is 46.0 Å². The molecule has 156 valence electrons. The van der Waals surface area contributed by atoms with Crippen LogP contribution >= 0.6 is 0 Å². The van der Waals surface area contributed by atoms with Crippen molar-refractivity contribution in [3.63, 3.8) is 0 Å². The van der Waals surface area contributed by atoms with E-state index in [9.17, 15) is 4.79 Å². The smallest absolute Gasteiger partial charge is 0.305 e. The third kappa shape index (κ3) is 21.3. The normalized spacial score (nSPS) is 11.0. The van der Waals surface area contributed by atoms with Gasteiger partial charge in [-0.1, -0.05) is 26.2 Å². The van der Waals surface area contributed by atoms with Crippen LogP contribution in [0.15, 0.2) is 0 Å². The molecule has 7 heteroatoms. The van der Waals surface area contributed by atoms with Gasteiger partial charge in [0.2, 0.25) is 0 Å². The van der Waals surface area contributed by atoms with E-state index in [0.29, 0.717) is 79.1 Å². The lowest BCUT2D eigenvalue weighted by atomic mass is 10.2. The van der Waals surface area contributed by atoms with E-state index in [2.05, 4.69) is 6.92 Å². The Morgan fingerprint density at radius 1 is 0.577 bits per heavy atom. The number of carbonyl (C=O) groups is 1. The Morgan fingerprint density at radius 2 is 1.04 bits per heavy atom. The summed E-state index contributed by atoms with van der Waals surface area (Å²) in [6.45, 7) is 9.89. The van der Waals surface area contributed by atoms with Crippen LogP contribution in [-0.4, -0.2) is 78.6 Å². The van der Waals surface area contributed by atoms with E-state index in [0.717, 1.165) is 12.8 Å². The van der Waals surface area contributed by atoms with Crippen LogP contribution in [0.25, 0.3) is 0 Å². The van der Waals surface area contributed by atoms with Crippen molar-refractivity contribution in [1.29, 1.82) is 0 Å². The Kier molecular flexibility index (Phi) is 21.7. The average Bonchev–Trinajstić information content (AvgIpc) is 2.65. The maximum atomic E-state index is 11.4. The zero-order valence-corrected chi connectivity index (χ0v) is 16.7. The molecule has 0 saturated heterocycles. The summed E-state index contributed by atoms with van der Waals surface area (Å²) in [7, 11) is 0. The molecule has 0 aromatic carbocycles. The van der Waals surface area contributed by atoms with Gasteiger partial charge in [-0.15, -0.1) is 0 Å². The van der Waals surface area contributed by atoms with Gasteiger partial charge in [0.05, 0.1) is 59.5 Å². The Bertz CT molecular complexity index is 287. The molecule has 26 heavy (non-hydrogen) atoms. The number of carbonyl (C=O) groups excluding carboxylic acids is 1. The molecule has 0 aliphatic heterocycles. The molecule has 0 aliphatic rings. The predicted octanol–water partition coefficient (Wildman–Crippen LogP) is 2.60. The van der Waals surface area contributed by atoms with Gasteiger partial charge >= 0.3 is 5.97 Å². The van der Waals surface area contributed by atoms with Crippen LogP contribution in [0.2, 0.25) is 0 Å². The minimum absolute atomic E-state index is 0.139. The van der Waals surface area contributed by atoms with E-state index in [1.807, 2.05) is 6.92 Å². The van der Waals surface area contributed by atoms with E-state index in [4.69, 9.17) is 28.4 Å². The summed E-state index contributed by atoms with van der Waals surface area (Å²) in [4.78, 5) is 11.4. The molecule has 0 heterocycles. The molecule has 0 radical (unpaired) electrons. The lowest BCUT2D eigenvalue weighted by Gasteiger charge is -2.08. The first kappa shape index (κ1) is 25.3. The number of esters is 1. The van der Waals surface area contributed by atoms with Gasteiger partial charge in [0.1, 0.15) is 6.61 Å². The fourth-order valence-electron chi connectivity index (χ4n) is 2.01. The lowest BCUT2D eigenvalue weighted by molar-refractivity contribution is -0.145. The van der Waals surface area contributed by atoms with Gasteiger partial charge in [0, 0.05) is 13.0 Å². The summed E-state index contributed by atoms with van der Waals surface area (Å²) in [5, 5.41) is 0. The molecule has 0 aliphatic carbocycles. The van der Waals surface area contributed by atoms with Gasteiger partial charge in [-0.25, -0.2) is 0 Å². The predicted molar refractivity (Wildman–Crippen MR) is 99.5 cm³/mol. The molecule has 0 amide bonds. The van der Waals surface area contributed by atoms with E-state index in [1.165, 1.54) is 12.8 Å². The van der Waals surface area contributed by atoms with Gasteiger partial charge in [0.25, 0.3) is 0 Å². The summed E-state index contributed by atoms with van der Waals surface area (Å²) in [5.74, 6) is -0.139. The number of hydrogen-bond donors (Lipinski definition) is 0. The fraction of sp³-hybridized carbons (Fsp3) is 0.947. The number of unbranched alkanes of at least 4 members (excludes halogenated alkanes) is 3. The Balaban J connectivity index is 3.07. The first-order valence-corrected chi connectivity index (χ1v) is 9.85. The van der Waals surface area contributed by atoms with Crippen molar-refractivity contribution in [3.8, 4) is 0 Å². The quantitative estimate of drug-likeness (QED) is 0.224. The van der Waals surface area contributed by atoms with Crippen molar-refractivity contribution in [3.05, 3.63) is 0 Å².